The topological polar surface area (TPSA) is 99.8 Å². The Labute approximate surface area is 185 Å². The molecule has 1 atom stereocenters. The Morgan fingerprint density at radius 3 is 2.41 bits per heavy atom. The minimum atomic E-state index is -0.419. The first-order valence-electron chi connectivity index (χ1n) is 10.2. The van der Waals surface area contributed by atoms with Crippen LogP contribution >= 0.6 is 0 Å². The van der Waals surface area contributed by atoms with Crippen LogP contribution in [-0.4, -0.2) is 21.4 Å². The largest absolute Gasteiger partial charge is 0.342 e. The quantitative estimate of drug-likeness (QED) is 0.489. The number of carbonyl (C=O) groups is 2. The van der Waals surface area contributed by atoms with Gasteiger partial charge in [-0.05, 0) is 55.5 Å². The van der Waals surface area contributed by atoms with Crippen LogP contribution in [0.15, 0.2) is 78.9 Å². The second kappa shape index (κ2) is 9.14. The van der Waals surface area contributed by atoms with Crippen molar-refractivity contribution in [3.63, 3.8) is 0 Å². The van der Waals surface area contributed by atoms with E-state index in [0.717, 1.165) is 11.0 Å². The molecule has 1 heterocycles. The molecule has 0 aliphatic rings. The van der Waals surface area contributed by atoms with E-state index >= 15 is 0 Å². The molecule has 0 aliphatic carbocycles. The van der Waals surface area contributed by atoms with Crippen LogP contribution in [0, 0.1) is 11.3 Å². The molecule has 7 heteroatoms. The summed E-state index contributed by atoms with van der Waals surface area (Å²) in [5.41, 5.74) is 3.23. The molecule has 0 radical (unpaired) electrons. The lowest BCUT2D eigenvalue weighted by molar-refractivity contribution is -0.116. The van der Waals surface area contributed by atoms with Gasteiger partial charge in [-0.2, -0.15) is 5.26 Å². The third kappa shape index (κ3) is 4.50. The molecule has 0 spiro atoms. The smallest absolute Gasteiger partial charge is 0.251 e. The van der Waals surface area contributed by atoms with Gasteiger partial charge in [-0.1, -0.05) is 30.3 Å². The van der Waals surface area contributed by atoms with E-state index in [1.165, 1.54) is 0 Å². The predicted molar refractivity (Wildman–Crippen MR) is 122 cm³/mol. The summed E-state index contributed by atoms with van der Waals surface area (Å²) in [6.45, 7) is 1.87. The van der Waals surface area contributed by atoms with E-state index in [4.69, 9.17) is 5.26 Å². The molecule has 7 nitrogen and oxygen atoms in total. The van der Waals surface area contributed by atoms with Crippen LogP contribution in [0.3, 0.4) is 0 Å². The number of nitrogens with zero attached hydrogens (tertiary/aromatic N) is 3. The normalized spacial score (nSPS) is 11.5. The highest BCUT2D eigenvalue weighted by atomic mass is 16.2. The zero-order valence-electron chi connectivity index (χ0n) is 17.4. The van der Waals surface area contributed by atoms with Crippen molar-refractivity contribution in [2.45, 2.75) is 19.5 Å². The van der Waals surface area contributed by atoms with Gasteiger partial charge in [0.15, 0.2) is 0 Å². The Hall–Kier alpha value is -4.44. The number of fused-ring (bicyclic) bond motifs is 1. The van der Waals surface area contributed by atoms with E-state index in [2.05, 4.69) is 21.7 Å². The van der Waals surface area contributed by atoms with Crippen molar-refractivity contribution in [2.75, 3.05) is 5.32 Å². The van der Waals surface area contributed by atoms with Crippen molar-refractivity contribution in [1.82, 2.24) is 14.9 Å². The molecule has 0 saturated heterocycles. The molecular formula is C25H21N5O2. The Morgan fingerprint density at radius 2 is 1.69 bits per heavy atom. The Kier molecular flexibility index (Phi) is 5.95. The summed E-state index contributed by atoms with van der Waals surface area (Å²) < 4.78 is 1.81. The number of imidazole rings is 1. The van der Waals surface area contributed by atoms with Crippen LogP contribution in [0.1, 0.15) is 34.7 Å². The minimum absolute atomic E-state index is 0.0292. The molecule has 3 aromatic carbocycles. The lowest BCUT2D eigenvalue weighted by atomic mass is 10.2. The number of anilines is 1. The maximum Gasteiger partial charge on any atom is 0.251 e. The van der Waals surface area contributed by atoms with Crippen LogP contribution in [0.25, 0.3) is 11.0 Å². The van der Waals surface area contributed by atoms with E-state index in [9.17, 15) is 9.59 Å². The summed E-state index contributed by atoms with van der Waals surface area (Å²) in [6.07, 6.45) is 0. The van der Waals surface area contributed by atoms with Crippen molar-refractivity contribution < 1.29 is 9.59 Å². The zero-order valence-corrected chi connectivity index (χ0v) is 17.4. The van der Waals surface area contributed by atoms with Crippen LogP contribution in [0.4, 0.5) is 5.69 Å². The van der Waals surface area contributed by atoms with Crippen molar-refractivity contribution in [3.05, 3.63) is 95.8 Å². The molecule has 0 bridgehead atoms. The van der Waals surface area contributed by atoms with Gasteiger partial charge in [0.1, 0.15) is 12.4 Å². The predicted octanol–water partition coefficient (Wildman–Crippen LogP) is 4.04. The summed E-state index contributed by atoms with van der Waals surface area (Å²) in [4.78, 5) is 30.1. The number of rotatable bonds is 6. The molecule has 0 saturated carbocycles. The van der Waals surface area contributed by atoms with Gasteiger partial charge in [0.2, 0.25) is 5.91 Å². The number of aromatic nitrogens is 2. The second-order valence-corrected chi connectivity index (χ2v) is 7.34. The van der Waals surface area contributed by atoms with Crippen molar-refractivity contribution in [3.8, 4) is 6.07 Å². The van der Waals surface area contributed by atoms with E-state index in [0.29, 0.717) is 22.6 Å². The molecule has 1 aromatic heterocycles. The van der Waals surface area contributed by atoms with Crippen LogP contribution in [0.2, 0.25) is 0 Å². The van der Waals surface area contributed by atoms with E-state index < -0.39 is 6.04 Å². The molecule has 4 aromatic rings. The number of nitrogens with one attached hydrogen (secondary N) is 2. The van der Waals surface area contributed by atoms with Gasteiger partial charge in [0.25, 0.3) is 5.91 Å². The van der Waals surface area contributed by atoms with Gasteiger partial charge in [-0.3, -0.25) is 9.59 Å². The monoisotopic (exact) mass is 423 g/mol. The first-order chi connectivity index (χ1) is 15.5. The van der Waals surface area contributed by atoms with Gasteiger partial charge < -0.3 is 15.2 Å². The number of para-hydroxylation sites is 2. The first kappa shape index (κ1) is 20.8. The number of hydrogen-bond acceptors (Lipinski definition) is 4. The average Bonchev–Trinajstić information content (AvgIpc) is 3.18. The summed E-state index contributed by atoms with van der Waals surface area (Å²) in [7, 11) is 0. The third-order valence-corrected chi connectivity index (χ3v) is 5.05. The van der Waals surface area contributed by atoms with Crippen LogP contribution in [0.5, 0.6) is 0 Å². The van der Waals surface area contributed by atoms with Gasteiger partial charge >= 0.3 is 0 Å². The number of carbonyl (C=O) groups excluding carboxylic acids is 2. The van der Waals surface area contributed by atoms with Gasteiger partial charge in [0, 0.05) is 11.3 Å². The molecule has 0 fully saturated rings. The lowest BCUT2D eigenvalue weighted by Crippen LogP contribution is -2.30. The molecule has 0 aliphatic heterocycles. The first-order valence-corrected chi connectivity index (χ1v) is 10.2. The average molecular weight is 423 g/mol. The summed E-state index contributed by atoms with van der Waals surface area (Å²) in [6, 6.07) is 24.8. The fourth-order valence-electron chi connectivity index (χ4n) is 3.50. The molecule has 0 unspecified atom stereocenters. The van der Waals surface area contributed by atoms with E-state index in [-0.39, 0.29) is 18.4 Å². The molecule has 4 rings (SSSR count). The lowest BCUT2D eigenvalue weighted by Gasteiger charge is -2.16. The Balaban J connectivity index is 1.57. The fraction of sp³-hybridized carbons (Fsp3) is 0.120. The van der Waals surface area contributed by atoms with Crippen molar-refractivity contribution in [1.29, 1.82) is 5.26 Å². The summed E-state index contributed by atoms with van der Waals surface area (Å²) >= 11 is 0. The van der Waals surface area contributed by atoms with Gasteiger partial charge in [0.05, 0.1) is 28.7 Å². The van der Waals surface area contributed by atoms with Crippen LogP contribution in [-0.2, 0) is 11.3 Å². The molecule has 32 heavy (non-hydrogen) atoms. The summed E-state index contributed by atoms with van der Waals surface area (Å²) in [5.74, 6) is 0.143. The molecule has 158 valence electrons. The van der Waals surface area contributed by atoms with E-state index in [1.807, 2.05) is 54.0 Å². The highest BCUT2D eigenvalue weighted by molar-refractivity contribution is 5.94. The highest BCUT2D eigenvalue weighted by Crippen LogP contribution is 2.21. The number of nitriles is 1. The van der Waals surface area contributed by atoms with Gasteiger partial charge in [-0.25, -0.2) is 4.98 Å². The van der Waals surface area contributed by atoms with E-state index in [1.54, 1.807) is 36.4 Å². The summed E-state index contributed by atoms with van der Waals surface area (Å²) in [5, 5.41) is 14.7. The SMILES string of the molecule is C[C@H](NC(=O)c1ccccc1)c1nc2ccccc2n1CC(=O)Nc1ccc(C#N)cc1. The maximum absolute atomic E-state index is 12.8. The van der Waals surface area contributed by atoms with Crippen molar-refractivity contribution >= 4 is 28.5 Å². The number of benzene rings is 3. The fourth-order valence-corrected chi connectivity index (χ4v) is 3.50. The zero-order chi connectivity index (χ0) is 22.5. The number of hydrogen-bond donors (Lipinski definition) is 2. The van der Waals surface area contributed by atoms with Gasteiger partial charge in [-0.15, -0.1) is 0 Å². The number of amides is 2. The molecule has 2 amide bonds. The molecule has 2 N–H and O–H groups in total. The Bertz CT molecular complexity index is 1300. The third-order valence-electron chi connectivity index (χ3n) is 5.05. The standard InChI is InChI=1S/C25H21N5O2/c1-17(27-25(32)19-7-3-2-4-8-19)24-29-21-9-5-6-10-22(21)30(24)16-23(31)28-20-13-11-18(15-26)12-14-20/h2-14,17H,16H2,1H3,(H,27,32)(H,28,31)/t17-/m0/s1. The second-order valence-electron chi connectivity index (χ2n) is 7.34. The Morgan fingerprint density at radius 1 is 1.00 bits per heavy atom. The van der Waals surface area contributed by atoms with Crippen LogP contribution < -0.4 is 10.6 Å². The van der Waals surface area contributed by atoms with Crippen molar-refractivity contribution in [2.24, 2.45) is 0 Å². The minimum Gasteiger partial charge on any atom is -0.342 e. The maximum atomic E-state index is 12.8. The molecular weight excluding hydrogens is 402 g/mol. The highest BCUT2D eigenvalue weighted by Gasteiger charge is 2.20.